The lowest BCUT2D eigenvalue weighted by Gasteiger charge is -2.14. The van der Waals surface area contributed by atoms with Crippen molar-refractivity contribution in [2.45, 2.75) is 19.4 Å². The highest BCUT2D eigenvalue weighted by Gasteiger charge is 2.05. The highest BCUT2D eigenvalue weighted by atomic mass is 19.3. The van der Waals surface area contributed by atoms with Crippen molar-refractivity contribution in [2.75, 3.05) is 19.8 Å². The molecule has 1 aromatic carbocycles. The van der Waals surface area contributed by atoms with Gasteiger partial charge < -0.3 is 10.1 Å². The van der Waals surface area contributed by atoms with Crippen LogP contribution < -0.4 is 5.32 Å². The van der Waals surface area contributed by atoms with E-state index in [0.717, 1.165) is 5.56 Å². The van der Waals surface area contributed by atoms with Crippen molar-refractivity contribution in [1.29, 1.82) is 5.26 Å². The van der Waals surface area contributed by atoms with E-state index in [-0.39, 0.29) is 12.6 Å². The van der Waals surface area contributed by atoms with Gasteiger partial charge in [0.25, 0.3) is 6.43 Å². The lowest BCUT2D eigenvalue weighted by molar-refractivity contribution is 0.0183. The second kappa shape index (κ2) is 7.75. The summed E-state index contributed by atoms with van der Waals surface area (Å²) in [5.74, 6) is 0. The molecule has 0 aliphatic rings. The van der Waals surface area contributed by atoms with Crippen LogP contribution in [0.4, 0.5) is 8.78 Å². The lowest BCUT2D eigenvalue weighted by Crippen LogP contribution is -2.24. The molecule has 0 heterocycles. The van der Waals surface area contributed by atoms with Crippen LogP contribution in [0.2, 0.25) is 0 Å². The molecule has 0 saturated heterocycles. The van der Waals surface area contributed by atoms with E-state index in [0.29, 0.717) is 12.1 Å². The zero-order valence-electron chi connectivity index (χ0n) is 10.2. The molecule has 0 fully saturated rings. The van der Waals surface area contributed by atoms with Crippen molar-refractivity contribution in [3.05, 3.63) is 35.4 Å². The van der Waals surface area contributed by atoms with Crippen molar-refractivity contribution < 1.29 is 13.5 Å². The van der Waals surface area contributed by atoms with Crippen LogP contribution in [-0.4, -0.2) is 26.2 Å². The van der Waals surface area contributed by atoms with Gasteiger partial charge in [-0.15, -0.1) is 0 Å². The predicted molar refractivity (Wildman–Crippen MR) is 64.4 cm³/mol. The van der Waals surface area contributed by atoms with Crippen LogP contribution >= 0.6 is 0 Å². The standard InChI is InChI=1S/C13H16F2N2O/c1-10(17-6-7-18-9-13(14)15)12-4-2-11(8-16)3-5-12/h2-5,10,13,17H,6-7,9H2,1H3. The van der Waals surface area contributed by atoms with E-state index >= 15 is 0 Å². The van der Waals surface area contributed by atoms with E-state index < -0.39 is 13.0 Å². The Kier molecular flexibility index (Phi) is 6.26. The maximum absolute atomic E-state index is 11.8. The highest BCUT2D eigenvalue weighted by Crippen LogP contribution is 2.12. The molecule has 0 bridgehead atoms. The summed E-state index contributed by atoms with van der Waals surface area (Å²) in [5, 5.41) is 11.8. The van der Waals surface area contributed by atoms with Gasteiger partial charge in [-0.05, 0) is 24.6 Å². The number of nitrogens with one attached hydrogen (secondary N) is 1. The third-order valence-electron chi connectivity index (χ3n) is 2.48. The van der Waals surface area contributed by atoms with Crippen LogP contribution in [0.3, 0.4) is 0 Å². The van der Waals surface area contributed by atoms with Gasteiger partial charge in [0.15, 0.2) is 0 Å². The van der Waals surface area contributed by atoms with Crippen molar-refractivity contribution in [3.8, 4) is 6.07 Å². The Hall–Kier alpha value is -1.51. The van der Waals surface area contributed by atoms with E-state index in [9.17, 15) is 8.78 Å². The maximum atomic E-state index is 11.8. The Labute approximate surface area is 105 Å². The zero-order valence-corrected chi connectivity index (χ0v) is 10.2. The smallest absolute Gasteiger partial charge is 0.261 e. The van der Waals surface area contributed by atoms with Crippen LogP contribution in [-0.2, 0) is 4.74 Å². The Morgan fingerprint density at radius 3 is 2.56 bits per heavy atom. The van der Waals surface area contributed by atoms with Gasteiger partial charge in [0, 0.05) is 12.6 Å². The average Bonchev–Trinajstić information content (AvgIpc) is 2.38. The van der Waals surface area contributed by atoms with Gasteiger partial charge in [-0.3, -0.25) is 0 Å². The first kappa shape index (κ1) is 14.6. The van der Waals surface area contributed by atoms with E-state index in [1.165, 1.54) is 0 Å². The van der Waals surface area contributed by atoms with Gasteiger partial charge in [-0.2, -0.15) is 5.26 Å². The van der Waals surface area contributed by atoms with E-state index in [1.807, 2.05) is 19.1 Å². The van der Waals surface area contributed by atoms with Gasteiger partial charge >= 0.3 is 0 Å². The molecule has 0 aliphatic carbocycles. The fourth-order valence-corrected chi connectivity index (χ4v) is 1.48. The summed E-state index contributed by atoms with van der Waals surface area (Å²) in [6.07, 6.45) is -2.42. The molecule has 1 atom stereocenters. The quantitative estimate of drug-likeness (QED) is 0.760. The molecule has 0 amide bonds. The minimum Gasteiger partial charge on any atom is -0.374 e. The average molecular weight is 254 g/mol. The minimum absolute atomic E-state index is 0.0906. The fourth-order valence-electron chi connectivity index (χ4n) is 1.48. The number of hydrogen-bond acceptors (Lipinski definition) is 3. The molecule has 1 aromatic rings. The molecule has 5 heteroatoms. The number of nitrogens with zero attached hydrogens (tertiary/aromatic N) is 1. The molecule has 1 rings (SSSR count). The van der Waals surface area contributed by atoms with Gasteiger partial charge in [-0.25, -0.2) is 8.78 Å². The number of hydrogen-bond donors (Lipinski definition) is 1. The summed E-state index contributed by atoms with van der Waals surface area (Å²) < 4.78 is 28.3. The monoisotopic (exact) mass is 254 g/mol. The van der Waals surface area contributed by atoms with E-state index in [4.69, 9.17) is 10.00 Å². The number of benzene rings is 1. The molecule has 0 aromatic heterocycles. The first-order valence-corrected chi connectivity index (χ1v) is 5.73. The summed E-state index contributed by atoms with van der Waals surface area (Å²) in [6.45, 7) is 2.21. The topological polar surface area (TPSA) is 45.0 Å². The molecule has 0 radical (unpaired) electrons. The van der Waals surface area contributed by atoms with Gasteiger partial charge in [0.05, 0.1) is 18.2 Å². The number of halogens is 2. The van der Waals surface area contributed by atoms with Crippen LogP contribution in [0.15, 0.2) is 24.3 Å². The molecular weight excluding hydrogens is 238 g/mol. The summed E-state index contributed by atoms with van der Waals surface area (Å²) in [6, 6.07) is 9.39. The van der Waals surface area contributed by atoms with Gasteiger partial charge in [-0.1, -0.05) is 12.1 Å². The van der Waals surface area contributed by atoms with Crippen molar-refractivity contribution in [2.24, 2.45) is 0 Å². The first-order valence-electron chi connectivity index (χ1n) is 5.73. The molecule has 0 aliphatic heterocycles. The molecule has 1 N–H and O–H groups in total. The number of ether oxygens (including phenoxy) is 1. The van der Waals surface area contributed by atoms with Crippen LogP contribution in [0, 0.1) is 11.3 Å². The van der Waals surface area contributed by atoms with Crippen molar-refractivity contribution in [3.63, 3.8) is 0 Å². The molecule has 0 saturated carbocycles. The second-order valence-corrected chi connectivity index (χ2v) is 3.88. The molecule has 0 spiro atoms. The molecular formula is C13H16F2N2O. The third kappa shape index (κ3) is 5.21. The number of alkyl halides is 2. The largest absolute Gasteiger partial charge is 0.374 e. The van der Waals surface area contributed by atoms with E-state index in [1.54, 1.807) is 12.1 Å². The normalized spacial score (nSPS) is 12.4. The molecule has 18 heavy (non-hydrogen) atoms. The summed E-state index contributed by atoms with van der Waals surface area (Å²) in [4.78, 5) is 0. The summed E-state index contributed by atoms with van der Waals surface area (Å²) in [7, 11) is 0. The van der Waals surface area contributed by atoms with Crippen LogP contribution in [0.25, 0.3) is 0 Å². The number of rotatable bonds is 7. The molecule has 1 unspecified atom stereocenters. The van der Waals surface area contributed by atoms with Crippen LogP contribution in [0.5, 0.6) is 0 Å². The summed E-state index contributed by atoms with van der Waals surface area (Å²) in [5.41, 5.74) is 1.66. The Bertz CT molecular complexity index is 387. The lowest BCUT2D eigenvalue weighted by atomic mass is 10.1. The second-order valence-electron chi connectivity index (χ2n) is 3.88. The Morgan fingerprint density at radius 1 is 1.33 bits per heavy atom. The molecule has 98 valence electrons. The zero-order chi connectivity index (χ0) is 13.4. The van der Waals surface area contributed by atoms with Crippen molar-refractivity contribution >= 4 is 0 Å². The first-order chi connectivity index (χ1) is 8.63. The van der Waals surface area contributed by atoms with Crippen LogP contribution in [0.1, 0.15) is 24.1 Å². The van der Waals surface area contributed by atoms with E-state index in [2.05, 4.69) is 11.4 Å². The maximum Gasteiger partial charge on any atom is 0.261 e. The fraction of sp³-hybridized carbons (Fsp3) is 0.462. The number of nitriles is 1. The summed E-state index contributed by atoms with van der Waals surface area (Å²) >= 11 is 0. The minimum atomic E-state index is -2.42. The van der Waals surface area contributed by atoms with Crippen molar-refractivity contribution in [1.82, 2.24) is 5.32 Å². The van der Waals surface area contributed by atoms with Gasteiger partial charge in [0.2, 0.25) is 0 Å². The Morgan fingerprint density at radius 2 is 2.00 bits per heavy atom. The Balaban J connectivity index is 2.27. The highest BCUT2D eigenvalue weighted by molar-refractivity contribution is 5.32. The third-order valence-corrected chi connectivity index (χ3v) is 2.48. The SMILES string of the molecule is CC(NCCOCC(F)F)c1ccc(C#N)cc1. The predicted octanol–water partition coefficient (Wildman–Crippen LogP) is 2.49. The van der Waals surface area contributed by atoms with Gasteiger partial charge in [0.1, 0.15) is 6.61 Å². The molecule has 3 nitrogen and oxygen atoms in total.